The van der Waals surface area contributed by atoms with E-state index in [-0.39, 0.29) is 18.3 Å². The molecule has 0 radical (unpaired) electrons. The second-order valence-electron chi connectivity index (χ2n) is 6.74. The average molecular weight is 276 g/mol. The Morgan fingerprint density at radius 2 is 1.53 bits per heavy atom. The van der Waals surface area contributed by atoms with Crippen molar-refractivity contribution in [3.05, 3.63) is 29.8 Å². The fraction of sp³-hybridized carbons (Fsp3) is 0.600. The molecule has 0 spiro atoms. The van der Waals surface area contributed by atoms with Crippen molar-refractivity contribution < 1.29 is 9.31 Å². The summed E-state index contributed by atoms with van der Waals surface area (Å²) in [6, 6.07) is 8.72. The van der Waals surface area contributed by atoms with Crippen molar-refractivity contribution in [3.8, 4) is 0 Å². The van der Waals surface area contributed by atoms with Gasteiger partial charge in [-0.05, 0) is 27.7 Å². The molecular formula is C15H25BO2Si. The summed E-state index contributed by atoms with van der Waals surface area (Å²) in [6.45, 7) is 13.2. The normalized spacial score (nSPS) is 21.1. The first-order chi connectivity index (χ1) is 8.73. The van der Waals surface area contributed by atoms with Crippen molar-refractivity contribution in [2.45, 2.75) is 58.3 Å². The third kappa shape index (κ3) is 2.96. The molecule has 19 heavy (non-hydrogen) atoms. The number of hydrogen-bond donors (Lipinski definition) is 0. The molecule has 1 aromatic rings. The quantitative estimate of drug-likeness (QED) is 0.790. The minimum Gasteiger partial charge on any atom is -0.403 e. The minimum absolute atomic E-state index is 0.126. The van der Waals surface area contributed by atoms with Crippen LogP contribution in [-0.2, 0) is 15.6 Å². The second-order valence-corrected chi connectivity index (χ2v) is 9.67. The molecule has 2 nitrogen and oxygen atoms in total. The summed E-state index contributed by atoms with van der Waals surface area (Å²) < 4.78 is 12.2. The van der Waals surface area contributed by atoms with Crippen molar-refractivity contribution in [2.24, 2.45) is 0 Å². The molecule has 1 aromatic carbocycles. The Balaban J connectivity index is 2.16. The van der Waals surface area contributed by atoms with Crippen LogP contribution in [0.3, 0.4) is 0 Å². The van der Waals surface area contributed by atoms with Gasteiger partial charge in [0.1, 0.15) is 0 Å². The van der Waals surface area contributed by atoms with Gasteiger partial charge < -0.3 is 9.31 Å². The summed E-state index contributed by atoms with van der Waals surface area (Å²) in [6.07, 6.45) is 0.855. The summed E-state index contributed by atoms with van der Waals surface area (Å²) in [5.74, 6) is 0. The van der Waals surface area contributed by atoms with Crippen molar-refractivity contribution in [2.75, 3.05) is 0 Å². The van der Waals surface area contributed by atoms with Gasteiger partial charge in [0.05, 0.1) is 20.0 Å². The Labute approximate surface area is 119 Å². The summed E-state index contributed by atoms with van der Waals surface area (Å²) in [4.78, 5) is 0. The van der Waals surface area contributed by atoms with E-state index >= 15 is 0 Å². The van der Waals surface area contributed by atoms with Gasteiger partial charge in [0.15, 0.2) is 0 Å². The number of rotatable bonds is 3. The van der Waals surface area contributed by atoms with Crippen LogP contribution in [0.4, 0.5) is 0 Å². The van der Waals surface area contributed by atoms with Crippen molar-refractivity contribution in [3.63, 3.8) is 0 Å². The lowest BCUT2D eigenvalue weighted by molar-refractivity contribution is 0.00578. The van der Waals surface area contributed by atoms with Crippen LogP contribution in [0.5, 0.6) is 0 Å². The van der Waals surface area contributed by atoms with Gasteiger partial charge in [0, 0.05) is 6.32 Å². The van der Waals surface area contributed by atoms with E-state index in [9.17, 15) is 0 Å². The molecule has 1 saturated heterocycles. The molecule has 1 fully saturated rings. The maximum atomic E-state index is 6.10. The fourth-order valence-corrected chi connectivity index (χ4v) is 3.96. The van der Waals surface area contributed by atoms with E-state index in [2.05, 4.69) is 65.1 Å². The standard InChI is InChI=1S/C15H25BO2Si/c1-14(2)15(3,4)18-16(17-14)11-12-9-7-8-10-13(12)19(5)6/h7-10,19H,11H2,1-6H3. The monoisotopic (exact) mass is 276 g/mol. The maximum Gasteiger partial charge on any atom is 0.462 e. The summed E-state index contributed by atoms with van der Waals surface area (Å²) in [7, 11) is -0.932. The van der Waals surface area contributed by atoms with Crippen LogP contribution in [0.2, 0.25) is 13.1 Å². The predicted molar refractivity (Wildman–Crippen MR) is 84.7 cm³/mol. The average Bonchev–Trinajstić information content (AvgIpc) is 2.47. The van der Waals surface area contributed by atoms with Crippen molar-refractivity contribution in [1.82, 2.24) is 0 Å². The summed E-state index contributed by atoms with van der Waals surface area (Å²) in [5, 5.41) is 1.53. The molecule has 0 aromatic heterocycles. The Bertz CT molecular complexity index is 441. The van der Waals surface area contributed by atoms with Crippen LogP contribution in [0.25, 0.3) is 0 Å². The van der Waals surface area contributed by atoms with Crippen LogP contribution in [0.1, 0.15) is 33.3 Å². The number of hydrogen-bond acceptors (Lipinski definition) is 2. The van der Waals surface area contributed by atoms with Gasteiger partial charge in [-0.1, -0.05) is 48.1 Å². The smallest absolute Gasteiger partial charge is 0.403 e. The molecule has 4 heteroatoms. The van der Waals surface area contributed by atoms with Gasteiger partial charge in [-0.2, -0.15) is 0 Å². The lowest BCUT2D eigenvalue weighted by atomic mass is 9.81. The lowest BCUT2D eigenvalue weighted by Gasteiger charge is -2.32. The molecule has 1 aliphatic rings. The Morgan fingerprint density at radius 1 is 1.00 bits per heavy atom. The zero-order valence-corrected chi connectivity index (χ0v) is 14.1. The molecule has 1 aliphatic heterocycles. The first-order valence-electron chi connectivity index (χ1n) is 7.16. The van der Waals surface area contributed by atoms with E-state index in [0.717, 1.165) is 6.32 Å². The van der Waals surface area contributed by atoms with Gasteiger partial charge in [-0.15, -0.1) is 0 Å². The van der Waals surface area contributed by atoms with Gasteiger partial charge in [0.25, 0.3) is 0 Å². The van der Waals surface area contributed by atoms with Gasteiger partial charge in [-0.25, -0.2) is 0 Å². The highest BCUT2D eigenvalue weighted by Crippen LogP contribution is 2.37. The summed E-state index contributed by atoms with van der Waals surface area (Å²) in [5.41, 5.74) is 0.923. The van der Waals surface area contributed by atoms with Crippen molar-refractivity contribution >= 4 is 21.1 Å². The molecular weight excluding hydrogens is 251 g/mol. The van der Waals surface area contributed by atoms with Crippen LogP contribution >= 0.6 is 0 Å². The molecule has 1 heterocycles. The van der Waals surface area contributed by atoms with Crippen LogP contribution in [-0.4, -0.2) is 27.1 Å². The Morgan fingerprint density at radius 3 is 2.05 bits per heavy atom. The van der Waals surface area contributed by atoms with E-state index in [1.807, 2.05) is 0 Å². The van der Waals surface area contributed by atoms with Gasteiger partial charge in [-0.3, -0.25) is 0 Å². The molecule has 0 aliphatic carbocycles. The molecule has 0 bridgehead atoms. The molecule has 0 amide bonds. The first-order valence-corrected chi connectivity index (χ1v) is 10.0. The van der Waals surface area contributed by atoms with Gasteiger partial charge in [0.2, 0.25) is 0 Å². The topological polar surface area (TPSA) is 18.5 Å². The molecule has 0 N–H and O–H groups in total. The van der Waals surface area contributed by atoms with E-state index in [0.29, 0.717) is 0 Å². The molecule has 0 atom stereocenters. The van der Waals surface area contributed by atoms with E-state index < -0.39 is 8.80 Å². The van der Waals surface area contributed by atoms with Crippen LogP contribution in [0.15, 0.2) is 24.3 Å². The zero-order valence-electron chi connectivity index (χ0n) is 13.0. The highest BCUT2D eigenvalue weighted by Gasteiger charge is 2.50. The number of benzene rings is 1. The third-order valence-electron chi connectivity index (χ3n) is 4.37. The van der Waals surface area contributed by atoms with E-state index in [1.54, 1.807) is 0 Å². The highest BCUT2D eigenvalue weighted by atomic mass is 28.3. The molecule has 0 unspecified atom stereocenters. The Hall–Kier alpha value is -0.578. The zero-order chi connectivity index (χ0) is 14.3. The predicted octanol–water partition coefficient (Wildman–Crippen LogP) is 2.55. The van der Waals surface area contributed by atoms with Gasteiger partial charge >= 0.3 is 7.12 Å². The Kier molecular flexibility index (Phi) is 3.96. The highest BCUT2D eigenvalue weighted by molar-refractivity contribution is 6.71. The van der Waals surface area contributed by atoms with Crippen LogP contribution < -0.4 is 5.19 Å². The molecule has 0 saturated carbocycles. The maximum absolute atomic E-state index is 6.10. The van der Waals surface area contributed by atoms with E-state index in [4.69, 9.17) is 9.31 Å². The van der Waals surface area contributed by atoms with Crippen molar-refractivity contribution in [1.29, 1.82) is 0 Å². The first kappa shape index (κ1) is 14.8. The fourth-order valence-electron chi connectivity index (χ4n) is 2.51. The van der Waals surface area contributed by atoms with Crippen LogP contribution in [0, 0.1) is 0 Å². The molecule has 2 rings (SSSR count). The largest absolute Gasteiger partial charge is 0.462 e. The van der Waals surface area contributed by atoms with E-state index in [1.165, 1.54) is 10.8 Å². The molecule has 104 valence electrons. The summed E-state index contributed by atoms with van der Waals surface area (Å²) >= 11 is 0. The minimum atomic E-state index is -0.806. The lowest BCUT2D eigenvalue weighted by Crippen LogP contribution is -2.41. The SMILES string of the molecule is C[SiH](C)c1ccccc1CB1OC(C)(C)C(C)(C)O1. The second kappa shape index (κ2) is 5.08. The third-order valence-corrected chi connectivity index (χ3v) is 6.17.